The molecule has 0 spiro atoms. The Morgan fingerprint density at radius 1 is 1.24 bits per heavy atom. The van der Waals surface area contributed by atoms with Crippen molar-refractivity contribution in [2.45, 2.75) is 63.2 Å². The molecule has 1 aliphatic carbocycles. The number of ether oxygens (including phenoxy) is 1. The summed E-state index contributed by atoms with van der Waals surface area (Å²) in [5.74, 6) is 1.81. The van der Waals surface area contributed by atoms with Gasteiger partial charge in [-0.05, 0) is 19.8 Å². The maximum absolute atomic E-state index is 12.1. The highest BCUT2D eigenvalue weighted by Gasteiger charge is 2.20. The van der Waals surface area contributed by atoms with Crippen LogP contribution < -0.4 is 10.2 Å². The number of morpholine rings is 1. The van der Waals surface area contributed by atoms with Crippen LogP contribution in [0.3, 0.4) is 0 Å². The van der Waals surface area contributed by atoms with Crippen molar-refractivity contribution < 1.29 is 9.53 Å². The molecule has 0 aromatic carbocycles. The van der Waals surface area contributed by atoms with E-state index in [1.54, 1.807) is 11.8 Å². The Morgan fingerprint density at radius 2 is 2.00 bits per heavy atom. The maximum Gasteiger partial charge on any atom is 0.228 e. The molecule has 0 atom stereocenters. The van der Waals surface area contributed by atoms with Crippen molar-refractivity contribution in [3.8, 4) is 0 Å². The number of thioether (sulfide) groups is 1. The zero-order valence-electron chi connectivity index (χ0n) is 15.1. The van der Waals surface area contributed by atoms with Gasteiger partial charge in [0.15, 0.2) is 5.16 Å². The number of aromatic nitrogens is 3. The van der Waals surface area contributed by atoms with Gasteiger partial charge in [-0.3, -0.25) is 9.36 Å². The van der Waals surface area contributed by atoms with Crippen LogP contribution in [0.25, 0.3) is 0 Å². The highest BCUT2D eigenvalue weighted by atomic mass is 32.2. The van der Waals surface area contributed by atoms with Crippen LogP contribution in [0.5, 0.6) is 0 Å². The number of carbonyl (C=O) groups excluding carboxylic acids is 1. The first-order valence-electron chi connectivity index (χ1n) is 9.46. The summed E-state index contributed by atoms with van der Waals surface area (Å²) < 4.78 is 7.54. The molecule has 8 heteroatoms. The molecule has 25 heavy (non-hydrogen) atoms. The van der Waals surface area contributed by atoms with E-state index in [1.165, 1.54) is 19.3 Å². The monoisotopic (exact) mass is 367 g/mol. The van der Waals surface area contributed by atoms with E-state index in [0.29, 0.717) is 12.5 Å². The van der Waals surface area contributed by atoms with E-state index in [-0.39, 0.29) is 5.91 Å². The molecular formula is C17H29N5O2S. The molecule has 1 saturated heterocycles. The third-order valence-corrected chi connectivity index (χ3v) is 5.81. The highest BCUT2D eigenvalue weighted by Crippen LogP contribution is 2.23. The van der Waals surface area contributed by atoms with Crippen LogP contribution in [0.2, 0.25) is 0 Å². The van der Waals surface area contributed by atoms with Crippen molar-refractivity contribution in [2.75, 3.05) is 37.0 Å². The van der Waals surface area contributed by atoms with Gasteiger partial charge in [0.2, 0.25) is 11.9 Å². The third kappa shape index (κ3) is 5.10. The summed E-state index contributed by atoms with van der Waals surface area (Å²) in [6.07, 6.45) is 6.58. The molecule has 0 radical (unpaired) electrons. The Balaban J connectivity index is 1.47. The Kier molecular flexibility index (Phi) is 6.98. The number of carbonyl (C=O) groups is 1. The molecule has 2 aliphatic rings. The van der Waals surface area contributed by atoms with Crippen molar-refractivity contribution in [1.29, 1.82) is 0 Å². The van der Waals surface area contributed by atoms with Crippen LogP contribution in [0, 0.1) is 0 Å². The summed E-state index contributed by atoms with van der Waals surface area (Å²) in [5, 5.41) is 12.8. The summed E-state index contributed by atoms with van der Waals surface area (Å²) in [7, 11) is 0. The van der Waals surface area contributed by atoms with E-state index < -0.39 is 0 Å². The molecule has 2 heterocycles. The lowest BCUT2D eigenvalue weighted by Crippen LogP contribution is -2.38. The van der Waals surface area contributed by atoms with Gasteiger partial charge < -0.3 is 15.0 Å². The van der Waals surface area contributed by atoms with Crippen LogP contribution in [-0.4, -0.2) is 58.8 Å². The number of nitrogens with one attached hydrogen (secondary N) is 1. The van der Waals surface area contributed by atoms with Crippen LogP contribution in [0.4, 0.5) is 5.95 Å². The minimum Gasteiger partial charge on any atom is -0.378 e. The first-order chi connectivity index (χ1) is 12.3. The fourth-order valence-corrected chi connectivity index (χ4v) is 4.38. The zero-order chi connectivity index (χ0) is 17.5. The van der Waals surface area contributed by atoms with Crippen LogP contribution >= 0.6 is 11.8 Å². The van der Waals surface area contributed by atoms with Gasteiger partial charge in [-0.2, -0.15) is 0 Å². The SMILES string of the molecule is CCn1c(SCCC(=O)NC2CCCCC2)nnc1N1CCOCC1. The molecule has 1 N–H and O–H groups in total. The number of anilines is 1. The molecule has 1 aliphatic heterocycles. The molecule has 7 nitrogen and oxygen atoms in total. The molecule has 1 amide bonds. The van der Waals surface area contributed by atoms with E-state index in [0.717, 1.165) is 62.5 Å². The van der Waals surface area contributed by atoms with Gasteiger partial charge in [-0.25, -0.2) is 0 Å². The summed E-state index contributed by atoms with van der Waals surface area (Å²) in [5.41, 5.74) is 0. The Labute approximate surface area is 153 Å². The predicted octanol–water partition coefficient (Wildman–Crippen LogP) is 2.07. The number of hydrogen-bond acceptors (Lipinski definition) is 6. The molecule has 1 aromatic rings. The Bertz CT molecular complexity index is 553. The second kappa shape index (κ2) is 9.43. The van der Waals surface area contributed by atoms with E-state index in [2.05, 4.69) is 31.9 Å². The van der Waals surface area contributed by atoms with Gasteiger partial charge in [0.1, 0.15) is 0 Å². The quantitative estimate of drug-likeness (QED) is 0.744. The second-order valence-corrected chi connectivity index (χ2v) is 7.69. The molecule has 1 aromatic heterocycles. The first kappa shape index (κ1) is 18.5. The topological polar surface area (TPSA) is 72.3 Å². The lowest BCUT2D eigenvalue weighted by molar-refractivity contribution is -0.121. The maximum atomic E-state index is 12.1. The predicted molar refractivity (Wildman–Crippen MR) is 99.1 cm³/mol. The van der Waals surface area contributed by atoms with Gasteiger partial charge in [0.25, 0.3) is 0 Å². The van der Waals surface area contributed by atoms with E-state index in [9.17, 15) is 4.79 Å². The normalized spacial score (nSPS) is 19.2. The minimum atomic E-state index is 0.162. The molecule has 140 valence electrons. The number of hydrogen-bond donors (Lipinski definition) is 1. The third-order valence-electron chi connectivity index (χ3n) is 4.84. The summed E-state index contributed by atoms with van der Waals surface area (Å²) in [6.45, 7) is 6.11. The fraction of sp³-hybridized carbons (Fsp3) is 0.824. The smallest absolute Gasteiger partial charge is 0.228 e. The molecule has 0 bridgehead atoms. The Morgan fingerprint density at radius 3 is 2.72 bits per heavy atom. The first-order valence-corrected chi connectivity index (χ1v) is 10.4. The Hall–Kier alpha value is -1.28. The van der Waals surface area contributed by atoms with Crippen LogP contribution in [0.15, 0.2) is 5.16 Å². The van der Waals surface area contributed by atoms with Gasteiger partial charge in [-0.15, -0.1) is 10.2 Å². The largest absolute Gasteiger partial charge is 0.378 e. The molecular weight excluding hydrogens is 338 g/mol. The summed E-state index contributed by atoms with van der Waals surface area (Å²) >= 11 is 1.62. The van der Waals surface area contributed by atoms with Crippen LogP contribution in [-0.2, 0) is 16.1 Å². The lowest BCUT2D eigenvalue weighted by atomic mass is 9.95. The van der Waals surface area contributed by atoms with E-state index in [1.807, 2.05) is 0 Å². The van der Waals surface area contributed by atoms with E-state index in [4.69, 9.17) is 4.74 Å². The fourth-order valence-electron chi connectivity index (χ4n) is 3.44. The molecule has 3 rings (SSSR count). The van der Waals surface area contributed by atoms with Gasteiger partial charge in [-0.1, -0.05) is 31.0 Å². The van der Waals surface area contributed by atoms with Crippen molar-refractivity contribution in [2.24, 2.45) is 0 Å². The van der Waals surface area contributed by atoms with Gasteiger partial charge in [0.05, 0.1) is 13.2 Å². The molecule has 0 unspecified atom stereocenters. The zero-order valence-corrected chi connectivity index (χ0v) is 15.9. The van der Waals surface area contributed by atoms with Gasteiger partial charge in [0, 0.05) is 37.8 Å². The standard InChI is InChI=1S/C17H29N5O2S/c1-2-22-16(21-9-11-24-12-10-21)19-20-17(22)25-13-8-15(23)18-14-6-4-3-5-7-14/h14H,2-13H2,1H3,(H,18,23). The summed E-state index contributed by atoms with van der Waals surface area (Å²) in [6, 6.07) is 0.387. The van der Waals surface area contributed by atoms with Crippen molar-refractivity contribution in [1.82, 2.24) is 20.1 Å². The van der Waals surface area contributed by atoms with E-state index >= 15 is 0 Å². The molecule has 1 saturated carbocycles. The minimum absolute atomic E-state index is 0.162. The average molecular weight is 368 g/mol. The van der Waals surface area contributed by atoms with Crippen LogP contribution in [0.1, 0.15) is 45.4 Å². The second-order valence-electron chi connectivity index (χ2n) is 6.63. The van der Waals surface area contributed by atoms with Crippen molar-refractivity contribution in [3.05, 3.63) is 0 Å². The average Bonchev–Trinajstić information content (AvgIpc) is 3.06. The number of rotatable bonds is 7. The summed E-state index contributed by atoms with van der Waals surface area (Å²) in [4.78, 5) is 14.3. The van der Waals surface area contributed by atoms with Crippen molar-refractivity contribution >= 4 is 23.6 Å². The number of amides is 1. The van der Waals surface area contributed by atoms with Crippen molar-refractivity contribution in [3.63, 3.8) is 0 Å². The highest BCUT2D eigenvalue weighted by molar-refractivity contribution is 7.99. The lowest BCUT2D eigenvalue weighted by Gasteiger charge is -2.27. The number of nitrogens with zero attached hydrogens (tertiary/aromatic N) is 4. The molecule has 2 fully saturated rings. The van der Waals surface area contributed by atoms with Gasteiger partial charge >= 0.3 is 0 Å².